The molecule has 168 valence electrons. The Balaban J connectivity index is 1.49. The summed E-state index contributed by atoms with van der Waals surface area (Å²) in [5.41, 5.74) is 5.09. The van der Waals surface area contributed by atoms with Gasteiger partial charge in [0.2, 0.25) is 0 Å². The van der Waals surface area contributed by atoms with Crippen LogP contribution in [0.2, 0.25) is 0 Å². The van der Waals surface area contributed by atoms with E-state index in [2.05, 4.69) is 62.4 Å². The highest BCUT2D eigenvalue weighted by Crippen LogP contribution is 2.47. The standard InChI is InChI=1S/C30H41F/c1-3-8-22-12-15-24(16-13-22)26-17-19-28(30(31)21-26)29-20-23(9-4-2)14-18-27(29)25-10-6-5-7-11-25/h5-7,10-11,14,18,20,22,24,26,28,30H,3-4,8-9,12-13,15-17,19,21H2,1-2H3/t22-,24-,26?,28?,30?. The van der Waals surface area contributed by atoms with Crippen molar-refractivity contribution >= 4 is 0 Å². The van der Waals surface area contributed by atoms with Gasteiger partial charge < -0.3 is 0 Å². The van der Waals surface area contributed by atoms with Crippen LogP contribution in [0.3, 0.4) is 0 Å². The summed E-state index contributed by atoms with van der Waals surface area (Å²) >= 11 is 0. The predicted molar refractivity (Wildman–Crippen MR) is 131 cm³/mol. The van der Waals surface area contributed by atoms with Crippen LogP contribution in [0, 0.1) is 17.8 Å². The van der Waals surface area contributed by atoms with Gasteiger partial charge in [-0.1, -0.05) is 94.5 Å². The number of rotatable bonds is 7. The number of benzene rings is 2. The lowest BCUT2D eigenvalue weighted by Crippen LogP contribution is -2.31. The highest BCUT2D eigenvalue weighted by atomic mass is 19.1. The Morgan fingerprint density at radius 2 is 1.55 bits per heavy atom. The molecule has 0 spiro atoms. The smallest absolute Gasteiger partial charge is 0.107 e. The van der Waals surface area contributed by atoms with E-state index in [0.717, 1.165) is 37.5 Å². The Morgan fingerprint density at radius 3 is 2.23 bits per heavy atom. The van der Waals surface area contributed by atoms with Crippen molar-refractivity contribution in [1.29, 1.82) is 0 Å². The van der Waals surface area contributed by atoms with Crippen LogP contribution >= 0.6 is 0 Å². The zero-order valence-electron chi connectivity index (χ0n) is 19.7. The second kappa shape index (κ2) is 10.8. The lowest BCUT2D eigenvalue weighted by Gasteiger charge is -2.40. The molecule has 0 nitrogen and oxygen atoms in total. The third-order valence-corrected chi connectivity index (χ3v) is 8.21. The number of alkyl halides is 1. The van der Waals surface area contributed by atoms with Crippen molar-refractivity contribution in [3.63, 3.8) is 0 Å². The van der Waals surface area contributed by atoms with Crippen molar-refractivity contribution in [3.05, 3.63) is 59.7 Å². The van der Waals surface area contributed by atoms with Gasteiger partial charge in [0.25, 0.3) is 0 Å². The fraction of sp³-hybridized carbons (Fsp3) is 0.600. The molecule has 0 radical (unpaired) electrons. The van der Waals surface area contributed by atoms with Crippen molar-refractivity contribution in [3.8, 4) is 11.1 Å². The van der Waals surface area contributed by atoms with Crippen molar-refractivity contribution in [2.24, 2.45) is 17.8 Å². The van der Waals surface area contributed by atoms with Crippen LogP contribution in [0.1, 0.15) is 95.1 Å². The first-order valence-corrected chi connectivity index (χ1v) is 13.0. The van der Waals surface area contributed by atoms with Crippen molar-refractivity contribution in [2.75, 3.05) is 0 Å². The van der Waals surface area contributed by atoms with E-state index in [9.17, 15) is 0 Å². The van der Waals surface area contributed by atoms with E-state index in [4.69, 9.17) is 0 Å². The quantitative estimate of drug-likeness (QED) is 0.419. The average molecular weight is 421 g/mol. The van der Waals surface area contributed by atoms with Crippen LogP contribution in [-0.4, -0.2) is 6.17 Å². The fourth-order valence-corrected chi connectivity index (χ4v) is 6.52. The van der Waals surface area contributed by atoms with Crippen LogP contribution in [0.15, 0.2) is 48.5 Å². The van der Waals surface area contributed by atoms with Crippen LogP contribution < -0.4 is 0 Å². The molecule has 3 atom stereocenters. The maximum atomic E-state index is 15.7. The minimum Gasteiger partial charge on any atom is -0.247 e. The van der Waals surface area contributed by atoms with Gasteiger partial charge in [-0.25, -0.2) is 4.39 Å². The van der Waals surface area contributed by atoms with Gasteiger partial charge in [0.1, 0.15) is 6.17 Å². The van der Waals surface area contributed by atoms with E-state index in [0.29, 0.717) is 5.92 Å². The summed E-state index contributed by atoms with van der Waals surface area (Å²) in [6.45, 7) is 4.53. The molecule has 2 saturated carbocycles. The fourth-order valence-electron chi connectivity index (χ4n) is 6.52. The molecule has 2 aromatic rings. The lowest BCUT2D eigenvalue weighted by molar-refractivity contribution is 0.102. The van der Waals surface area contributed by atoms with Gasteiger partial charge in [-0.3, -0.25) is 0 Å². The van der Waals surface area contributed by atoms with E-state index >= 15 is 4.39 Å². The Hall–Kier alpha value is -1.63. The van der Waals surface area contributed by atoms with Gasteiger partial charge in [-0.2, -0.15) is 0 Å². The average Bonchev–Trinajstić information content (AvgIpc) is 2.80. The van der Waals surface area contributed by atoms with Gasteiger partial charge >= 0.3 is 0 Å². The highest BCUT2D eigenvalue weighted by Gasteiger charge is 2.37. The van der Waals surface area contributed by atoms with E-state index in [1.54, 1.807) is 0 Å². The lowest BCUT2D eigenvalue weighted by atomic mass is 9.67. The zero-order chi connectivity index (χ0) is 21.6. The maximum Gasteiger partial charge on any atom is 0.107 e. The number of halogens is 1. The molecule has 4 rings (SSSR count). The van der Waals surface area contributed by atoms with Crippen LogP contribution in [0.5, 0.6) is 0 Å². The molecule has 2 aliphatic carbocycles. The molecule has 0 N–H and O–H groups in total. The molecule has 0 aromatic heterocycles. The summed E-state index contributed by atoms with van der Waals surface area (Å²) in [6, 6.07) is 17.4. The second-order valence-electron chi connectivity index (χ2n) is 10.3. The number of hydrogen-bond acceptors (Lipinski definition) is 0. The number of hydrogen-bond donors (Lipinski definition) is 0. The molecule has 3 unspecified atom stereocenters. The van der Waals surface area contributed by atoms with Crippen LogP contribution in [0.4, 0.5) is 4.39 Å². The first-order chi connectivity index (χ1) is 15.2. The molecule has 0 amide bonds. The summed E-state index contributed by atoms with van der Waals surface area (Å²) in [6.07, 6.45) is 12.7. The van der Waals surface area contributed by atoms with E-state index in [1.165, 1.54) is 67.2 Å². The van der Waals surface area contributed by atoms with Crippen molar-refractivity contribution in [2.45, 2.75) is 96.6 Å². The Labute approximate surface area is 189 Å². The molecule has 2 aliphatic rings. The third-order valence-electron chi connectivity index (χ3n) is 8.21. The van der Waals surface area contributed by atoms with E-state index in [1.807, 2.05) is 0 Å². The molecule has 1 heteroatoms. The van der Waals surface area contributed by atoms with Gasteiger partial charge in [-0.15, -0.1) is 0 Å². The summed E-state index contributed by atoms with van der Waals surface area (Å²) < 4.78 is 15.7. The second-order valence-corrected chi connectivity index (χ2v) is 10.3. The molecule has 0 heterocycles. The molecule has 0 aliphatic heterocycles. The minimum atomic E-state index is -0.702. The molecule has 0 bridgehead atoms. The van der Waals surface area contributed by atoms with Crippen LogP contribution in [-0.2, 0) is 6.42 Å². The Bertz CT molecular complexity index is 802. The van der Waals surface area contributed by atoms with Crippen molar-refractivity contribution in [1.82, 2.24) is 0 Å². The Morgan fingerprint density at radius 1 is 0.806 bits per heavy atom. The van der Waals surface area contributed by atoms with Gasteiger partial charge in [0.05, 0.1) is 0 Å². The van der Waals surface area contributed by atoms with E-state index in [-0.39, 0.29) is 5.92 Å². The third kappa shape index (κ3) is 5.41. The SMILES string of the molecule is CCCc1ccc(-c2ccccc2)c(C2CCC([C@H]3CC[C@H](CCC)CC3)CC2F)c1. The molecular formula is C30H41F. The minimum absolute atomic E-state index is 0.0553. The molecule has 2 fully saturated rings. The van der Waals surface area contributed by atoms with Crippen molar-refractivity contribution < 1.29 is 4.39 Å². The zero-order valence-corrected chi connectivity index (χ0v) is 19.7. The Kier molecular flexibility index (Phi) is 7.86. The van der Waals surface area contributed by atoms with Gasteiger partial charge in [-0.05, 0) is 78.5 Å². The first-order valence-electron chi connectivity index (χ1n) is 13.0. The van der Waals surface area contributed by atoms with E-state index < -0.39 is 6.17 Å². The highest BCUT2D eigenvalue weighted by molar-refractivity contribution is 5.68. The maximum absolute atomic E-state index is 15.7. The summed E-state index contributed by atoms with van der Waals surface area (Å²) in [5.74, 6) is 2.37. The largest absolute Gasteiger partial charge is 0.247 e. The number of aryl methyl sites for hydroxylation is 1. The summed E-state index contributed by atoms with van der Waals surface area (Å²) in [5, 5.41) is 0. The normalized spacial score (nSPS) is 29.1. The molecule has 31 heavy (non-hydrogen) atoms. The summed E-state index contributed by atoms with van der Waals surface area (Å²) in [7, 11) is 0. The monoisotopic (exact) mass is 420 g/mol. The molecular weight excluding hydrogens is 379 g/mol. The first kappa shape index (κ1) is 22.6. The van der Waals surface area contributed by atoms with Gasteiger partial charge in [0, 0.05) is 5.92 Å². The van der Waals surface area contributed by atoms with Crippen LogP contribution in [0.25, 0.3) is 11.1 Å². The topological polar surface area (TPSA) is 0 Å². The molecule has 0 saturated heterocycles. The predicted octanol–water partition coefficient (Wildman–Crippen LogP) is 9.13. The van der Waals surface area contributed by atoms with Gasteiger partial charge in [0.15, 0.2) is 0 Å². The summed E-state index contributed by atoms with van der Waals surface area (Å²) in [4.78, 5) is 0. The molecule has 2 aromatic carbocycles.